The van der Waals surface area contributed by atoms with Crippen molar-refractivity contribution in [2.45, 2.75) is 0 Å². The average molecular weight is 316 g/mol. The van der Waals surface area contributed by atoms with Gasteiger partial charge in [0.25, 0.3) is 0 Å². The minimum Gasteiger partial charge on any atom is -0.508 e. The molecule has 0 spiro atoms. The second kappa shape index (κ2) is 5.35. The van der Waals surface area contributed by atoms with Gasteiger partial charge in [0.05, 0.1) is 5.56 Å². The van der Waals surface area contributed by atoms with Crippen molar-refractivity contribution in [3.05, 3.63) is 77.4 Å². The van der Waals surface area contributed by atoms with E-state index in [4.69, 9.17) is 4.74 Å². The maximum Gasteiger partial charge on any atom is 0.347 e. The van der Waals surface area contributed by atoms with E-state index in [0.29, 0.717) is 11.1 Å². The molecule has 0 fully saturated rings. The zero-order valence-corrected chi connectivity index (χ0v) is 12.5. The van der Waals surface area contributed by atoms with Crippen LogP contribution in [0.1, 0.15) is 15.9 Å². The van der Waals surface area contributed by atoms with Crippen LogP contribution in [0, 0.1) is 0 Å². The first-order valence-electron chi connectivity index (χ1n) is 7.43. The molecule has 116 valence electrons. The van der Waals surface area contributed by atoms with Crippen LogP contribution >= 0.6 is 0 Å². The van der Waals surface area contributed by atoms with E-state index >= 15 is 0 Å². The van der Waals surface area contributed by atoms with E-state index < -0.39 is 5.97 Å². The Balaban J connectivity index is 1.89. The van der Waals surface area contributed by atoms with Crippen LogP contribution in [0.5, 0.6) is 11.5 Å². The number of carbonyl (C=O) groups excluding carboxylic acids is 2. The van der Waals surface area contributed by atoms with Crippen molar-refractivity contribution in [1.82, 2.24) is 0 Å². The van der Waals surface area contributed by atoms with Crippen molar-refractivity contribution in [3.63, 3.8) is 0 Å². The van der Waals surface area contributed by atoms with Gasteiger partial charge in [0, 0.05) is 0 Å². The van der Waals surface area contributed by atoms with Gasteiger partial charge in [-0.25, -0.2) is 4.79 Å². The molecule has 1 heterocycles. The van der Waals surface area contributed by atoms with Gasteiger partial charge in [0.2, 0.25) is 5.78 Å². The van der Waals surface area contributed by atoms with Gasteiger partial charge >= 0.3 is 5.97 Å². The van der Waals surface area contributed by atoms with Crippen molar-refractivity contribution >= 4 is 28.6 Å². The SMILES string of the molecule is O=C1Oc2ccccc2C(=O)C1=Cc1cccc2ccc(O)cc12. The Morgan fingerprint density at radius 2 is 1.75 bits per heavy atom. The average Bonchev–Trinajstić information content (AvgIpc) is 2.59. The van der Waals surface area contributed by atoms with Crippen LogP contribution in [-0.4, -0.2) is 16.9 Å². The monoisotopic (exact) mass is 316 g/mol. The van der Waals surface area contributed by atoms with E-state index in [1.165, 1.54) is 6.08 Å². The van der Waals surface area contributed by atoms with E-state index in [0.717, 1.165) is 10.8 Å². The lowest BCUT2D eigenvalue weighted by Gasteiger charge is -2.16. The molecule has 0 radical (unpaired) electrons. The molecule has 0 saturated heterocycles. The third-order valence-corrected chi connectivity index (χ3v) is 4.00. The number of ether oxygens (including phenoxy) is 1. The summed E-state index contributed by atoms with van der Waals surface area (Å²) >= 11 is 0. The predicted molar refractivity (Wildman–Crippen MR) is 90.0 cm³/mol. The third kappa shape index (κ3) is 2.25. The smallest absolute Gasteiger partial charge is 0.347 e. The van der Waals surface area contributed by atoms with Crippen LogP contribution in [0.3, 0.4) is 0 Å². The summed E-state index contributed by atoms with van der Waals surface area (Å²) in [5.74, 6) is -0.633. The number of carbonyl (C=O) groups is 2. The molecule has 4 heteroatoms. The number of benzene rings is 3. The van der Waals surface area contributed by atoms with Crippen LogP contribution in [-0.2, 0) is 4.79 Å². The van der Waals surface area contributed by atoms with Crippen molar-refractivity contribution < 1.29 is 19.4 Å². The molecule has 0 saturated carbocycles. The standard InChI is InChI=1S/C20H12O4/c21-14-9-8-12-4-3-5-13(16(12)11-14)10-17-19(22)15-6-1-2-7-18(15)24-20(17)23/h1-11,21H. The maximum atomic E-state index is 12.6. The van der Waals surface area contributed by atoms with Crippen molar-refractivity contribution in [1.29, 1.82) is 0 Å². The Kier molecular flexibility index (Phi) is 3.17. The second-order valence-corrected chi connectivity index (χ2v) is 5.53. The van der Waals surface area contributed by atoms with Crippen molar-refractivity contribution in [3.8, 4) is 11.5 Å². The van der Waals surface area contributed by atoms with Crippen LogP contribution in [0.2, 0.25) is 0 Å². The minimum absolute atomic E-state index is 0.0236. The molecule has 3 aromatic rings. The van der Waals surface area contributed by atoms with Gasteiger partial charge in [-0.15, -0.1) is 0 Å². The maximum absolute atomic E-state index is 12.6. The molecule has 4 rings (SSSR count). The van der Waals surface area contributed by atoms with Gasteiger partial charge in [0.1, 0.15) is 17.1 Å². The largest absolute Gasteiger partial charge is 0.508 e. The van der Waals surface area contributed by atoms with Crippen LogP contribution in [0.25, 0.3) is 16.8 Å². The lowest BCUT2D eigenvalue weighted by Crippen LogP contribution is -2.24. The Morgan fingerprint density at radius 1 is 0.917 bits per heavy atom. The fourth-order valence-corrected chi connectivity index (χ4v) is 2.83. The zero-order valence-electron chi connectivity index (χ0n) is 12.5. The summed E-state index contributed by atoms with van der Waals surface area (Å²) in [6, 6.07) is 17.2. The molecular weight excluding hydrogens is 304 g/mol. The molecule has 0 aromatic heterocycles. The number of rotatable bonds is 1. The highest BCUT2D eigenvalue weighted by atomic mass is 16.5. The molecule has 1 aliphatic rings. The molecule has 4 nitrogen and oxygen atoms in total. The number of Topliss-reactive ketones (excluding diaryl/α,β-unsaturated/α-hetero) is 1. The summed E-state index contributed by atoms with van der Waals surface area (Å²) in [6.07, 6.45) is 1.52. The Bertz CT molecular complexity index is 1030. The molecule has 0 atom stereocenters. The predicted octanol–water partition coefficient (Wildman–Crippen LogP) is 3.73. The first-order valence-corrected chi connectivity index (χ1v) is 7.43. The Morgan fingerprint density at radius 3 is 2.62 bits per heavy atom. The van der Waals surface area contributed by atoms with Gasteiger partial charge in [0.15, 0.2) is 0 Å². The number of aromatic hydroxyl groups is 1. The summed E-state index contributed by atoms with van der Waals surface area (Å²) in [5, 5.41) is 11.4. The van der Waals surface area contributed by atoms with Gasteiger partial charge in [-0.3, -0.25) is 4.79 Å². The molecule has 24 heavy (non-hydrogen) atoms. The lowest BCUT2D eigenvalue weighted by molar-refractivity contribution is -0.130. The zero-order chi connectivity index (χ0) is 16.7. The second-order valence-electron chi connectivity index (χ2n) is 5.53. The number of para-hydroxylation sites is 1. The van der Waals surface area contributed by atoms with Gasteiger partial charge in [-0.2, -0.15) is 0 Å². The number of hydrogen-bond donors (Lipinski definition) is 1. The summed E-state index contributed by atoms with van der Waals surface area (Å²) in [4.78, 5) is 24.8. The van der Waals surface area contributed by atoms with Crippen LogP contribution in [0.15, 0.2) is 66.2 Å². The molecule has 1 aliphatic heterocycles. The molecule has 0 aliphatic carbocycles. The Labute approximate surface area is 137 Å². The van der Waals surface area contributed by atoms with E-state index in [9.17, 15) is 14.7 Å². The molecule has 0 amide bonds. The van der Waals surface area contributed by atoms with E-state index in [1.807, 2.05) is 12.1 Å². The van der Waals surface area contributed by atoms with Crippen molar-refractivity contribution in [2.75, 3.05) is 0 Å². The fourth-order valence-electron chi connectivity index (χ4n) is 2.83. The highest BCUT2D eigenvalue weighted by molar-refractivity contribution is 6.30. The number of esters is 1. The van der Waals surface area contributed by atoms with E-state index in [1.54, 1.807) is 48.5 Å². The summed E-state index contributed by atoms with van der Waals surface area (Å²) in [6.45, 7) is 0. The number of hydrogen-bond acceptors (Lipinski definition) is 4. The van der Waals surface area contributed by atoms with Gasteiger partial charge < -0.3 is 9.84 Å². The van der Waals surface area contributed by atoms with E-state index in [-0.39, 0.29) is 22.9 Å². The van der Waals surface area contributed by atoms with Crippen LogP contribution in [0.4, 0.5) is 0 Å². The third-order valence-electron chi connectivity index (χ3n) is 4.00. The first kappa shape index (κ1) is 14.2. The molecule has 0 bridgehead atoms. The number of fused-ring (bicyclic) bond motifs is 2. The topological polar surface area (TPSA) is 63.6 Å². The van der Waals surface area contributed by atoms with Crippen LogP contribution < -0.4 is 4.74 Å². The van der Waals surface area contributed by atoms with Gasteiger partial charge in [-0.1, -0.05) is 36.4 Å². The number of phenols is 1. The van der Waals surface area contributed by atoms with E-state index in [2.05, 4.69) is 0 Å². The summed E-state index contributed by atoms with van der Waals surface area (Å²) in [5.41, 5.74) is 1.01. The molecule has 1 N–H and O–H groups in total. The molecule has 3 aromatic carbocycles. The summed E-state index contributed by atoms with van der Waals surface area (Å²) in [7, 11) is 0. The highest BCUT2D eigenvalue weighted by Crippen LogP contribution is 2.30. The lowest BCUT2D eigenvalue weighted by atomic mass is 9.96. The normalized spacial score (nSPS) is 15.4. The summed E-state index contributed by atoms with van der Waals surface area (Å²) < 4.78 is 5.25. The Hall–Kier alpha value is -3.40. The quantitative estimate of drug-likeness (QED) is 0.321. The van der Waals surface area contributed by atoms with Crippen molar-refractivity contribution in [2.24, 2.45) is 0 Å². The highest BCUT2D eigenvalue weighted by Gasteiger charge is 2.30. The molecule has 0 unspecified atom stereocenters. The number of phenolic OH excluding ortho intramolecular Hbond substituents is 1. The minimum atomic E-state index is -0.671. The molecular formula is C20H12O4. The first-order chi connectivity index (χ1) is 11.6. The van der Waals surface area contributed by atoms with Gasteiger partial charge in [-0.05, 0) is 46.7 Å². The number of ketones is 1. The fraction of sp³-hybridized carbons (Fsp3) is 0.